The first-order valence-corrected chi connectivity index (χ1v) is 11.9. The molecular formula is C28H23Cl2N3O3. The number of carbonyl (C=O) groups excluding carboxylic acids is 1. The van der Waals surface area contributed by atoms with Crippen LogP contribution in [0, 0.1) is 0 Å². The van der Waals surface area contributed by atoms with Crippen LogP contribution in [0.15, 0.2) is 85.2 Å². The molecule has 36 heavy (non-hydrogen) atoms. The van der Waals surface area contributed by atoms with E-state index in [4.69, 9.17) is 23.2 Å². The van der Waals surface area contributed by atoms with Crippen LogP contribution in [0.25, 0.3) is 11.1 Å². The first-order valence-electron chi connectivity index (χ1n) is 11.2. The van der Waals surface area contributed by atoms with Gasteiger partial charge in [0.15, 0.2) is 0 Å². The molecule has 8 heteroatoms. The number of nitrogens with zero attached hydrogens (tertiary/aromatic N) is 1. The maximum absolute atomic E-state index is 12.8. The predicted molar refractivity (Wildman–Crippen MR) is 144 cm³/mol. The molecule has 4 rings (SSSR count). The predicted octanol–water partition coefficient (Wildman–Crippen LogP) is 6.78. The Morgan fingerprint density at radius 1 is 0.917 bits per heavy atom. The third kappa shape index (κ3) is 5.85. The van der Waals surface area contributed by atoms with E-state index in [9.17, 15) is 14.7 Å². The van der Waals surface area contributed by atoms with Crippen molar-refractivity contribution >= 4 is 46.5 Å². The highest BCUT2D eigenvalue weighted by Gasteiger charge is 2.17. The summed E-state index contributed by atoms with van der Waals surface area (Å²) in [5.74, 6) is -1.29. The number of benzene rings is 3. The summed E-state index contributed by atoms with van der Waals surface area (Å²) in [5, 5.41) is 15.8. The van der Waals surface area contributed by atoms with Crippen LogP contribution in [-0.2, 0) is 11.2 Å². The monoisotopic (exact) mass is 519 g/mol. The lowest BCUT2D eigenvalue weighted by Crippen LogP contribution is -2.26. The second kappa shape index (κ2) is 11.2. The number of rotatable bonds is 8. The van der Waals surface area contributed by atoms with Crippen LogP contribution < -0.4 is 10.6 Å². The van der Waals surface area contributed by atoms with Crippen molar-refractivity contribution in [3.8, 4) is 11.1 Å². The molecule has 0 spiro atoms. The molecule has 3 N–H and O–H groups in total. The Morgan fingerprint density at radius 2 is 1.58 bits per heavy atom. The molecule has 1 aromatic heterocycles. The van der Waals surface area contributed by atoms with E-state index < -0.39 is 12.0 Å². The lowest BCUT2D eigenvalue weighted by molar-refractivity contribution is -0.137. The van der Waals surface area contributed by atoms with Crippen LogP contribution in [0.1, 0.15) is 28.4 Å². The van der Waals surface area contributed by atoms with Gasteiger partial charge in [0.1, 0.15) is 6.04 Å². The standard InChI is InChI=1S/C28H23Cl2N3O3/c1-17(28(35)36)32-25-9-5-8-21(22(25)14-18-6-3-2-4-7-18)19-10-12-20(13-11-19)27(34)33-26-23(29)15-31-16-24(26)30/h2-13,15-17,32H,14H2,1H3,(H,35,36)(H,31,33,34). The number of pyridine rings is 1. The average molecular weight is 520 g/mol. The van der Waals surface area contributed by atoms with Crippen molar-refractivity contribution in [2.75, 3.05) is 10.6 Å². The summed E-state index contributed by atoms with van der Waals surface area (Å²) in [6.07, 6.45) is 3.42. The van der Waals surface area contributed by atoms with E-state index in [1.807, 2.05) is 60.7 Å². The largest absolute Gasteiger partial charge is 0.480 e. The Bertz CT molecular complexity index is 1370. The van der Waals surface area contributed by atoms with Crippen LogP contribution in [0.5, 0.6) is 0 Å². The number of aromatic nitrogens is 1. The van der Waals surface area contributed by atoms with Gasteiger partial charge in [0.05, 0.1) is 15.7 Å². The maximum atomic E-state index is 12.8. The Morgan fingerprint density at radius 3 is 2.22 bits per heavy atom. The summed E-state index contributed by atoms with van der Waals surface area (Å²) >= 11 is 12.2. The Hall–Kier alpha value is -3.87. The molecule has 4 aromatic rings. The Balaban J connectivity index is 1.66. The Labute approximate surface area is 218 Å². The molecule has 0 saturated carbocycles. The zero-order valence-electron chi connectivity index (χ0n) is 19.3. The molecule has 1 atom stereocenters. The smallest absolute Gasteiger partial charge is 0.325 e. The van der Waals surface area contributed by atoms with Crippen molar-refractivity contribution in [2.45, 2.75) is 19.4 Å². The maximum Gasteiger partial charge on any atom is 0.325 e. The van der Waals surface area contributed by atoms with Gasteiger partial charge in [-0.1, -0.05) is 77.8 Å². The summed E-state index contributed by atoms with van der Waals surface area (Å²) in [4.78, 5) is 28.2. The number of hydrogen-bond donors (Lipinski definition) is 3. The first kappa shape index (κ1) is 25.2. The molecule has 0 bridgehead atoms. The molecule has 0 radical (unpaired) electrons. The SMILES string of the molecule is CC(Nc1cccc(-c2ccc(C(=O)Nc3c(Cl)cncc3Cl)cc2)c1Cc1ccccc1)C(=O)O. The molecule has 0 fully saturated rings. The highest BCUT2D eigenvalue weighted by molar-refractivity contribution is 6.39. The van der Waals surface area contributed by atoms with Crippen molar-refractivity contribution in [1.29, 1.82) is 0 Å². The van der Waals surface area contributed by atoms with Gasteiger partial charge in [0.2, 0.25) is 0 Å². The first-order chi connectivity index (χ1) is 17.3. The molecule has 6 nitrogen and oxygen atoms in total. The molecule has 1 heterocycles. The summed E-state index contributed by atoms with van der Waals surface area (Å²) in [7, 11) is 0. The molecular weight excluding hydrogens is 497 g/mol. The molecule has 182 valence electrons. The normalized spacial score (nSPS) is 11.5. The van der Waals surface area contributed by atoms with Gasteiger partial charge in [0, 0.05) is 30.1 Å². The third-order valence-electron chi connectivity index (χ3n) is 5.69. The number of halogens is 2. The zero-order chi connectivity index (χ0) is 25.7. The van der Waals surface area contributed by atoms with Crippen LogP contribution in [0.2, 0.25) is 10.0 Å². The second-order valence-electron chi connectivity index (χ2n) is 8.21. The summed E-state index contributed by atoms with van der Waals surface area (Å²) in [5.41, 5.74) is 5.37. The highest BCUT2D eigenvalue weighted by atomic mass is 35.5. The minimum Gasteiger partial charge on any atom is -0.480 e. The number of carboxylic acid groups (broad SMARTS) is 1. The fourth-order valence-electron chi connectivity index (χ4n) is 3.80. The summed E-state index contributed by atoms with van der Waals surface area (Å²) in [6.45, 7) is 1.61. The van der Waals surface area contributed by atoms with Gasteiger partial charge in [-0.25, -0.2) is 0 Å². The van der Waals surface area contributed by atoms with E-state index in [0.717, 1.165) is 27.9 Å². The van der Waals surface area contributed by atoms with E-state index >= 15 is 0 Å². The van der Waals surface area contributed by atoms with Crippen molar-refractivity contribution in [1.82, 2.24) is 4.98 Å². The third-order valence-corrected chi connectivity index (χ3v) is 6.27. The topological polar surface area (TPSA) is 91.3 Å². The van der Waals surface area contributed by atoms with Gasteiger partial charge < -0.3 is 15.7 Å². The Kier molecular flexibility index (Phi) is 7.88. The molecule has 0 aliphatic rings. The number of carboxylic acids is 1. The van der Waals surface area contributed by atoms with Crippen molar-refractivity contribution in [3.05, 3.63) is 112 Å². The van der Waals surface area contributed by atoms with Gasteiger partial charge in [-0.2, -0.15) is 0 Å². The van der Waals surface area contributed by atoms with Crippen LogP contribution in [-0.4, -0.2) is 28.0 Å². The van der Waals surface area contributed by atoms with E-state index in [2.05, 4.69) is 15.6 Å². The number of aliphatic carboxylic acids is 1. The van der Waals surface area contributed by atoms with Crippen molar-refractivity contribution in [2.24, 2.45) is 0 Å². The summed E-state index contributed by atoms with van der Waals surface area (Å²) < 4.78 is 0. The molecule has 3 aromatic carbocycles. The average Bonchev–Trinajstić information content (AvgIpc) is 2.88. The lowest BCUT2D eigenvalue weighted by atomic mass is 9.92. The van der Waals surface area contributed by atoms with Gasteiger partial charge in [-0.3, -0.25) is 14.6 Å². The summed E-state index contributed by atoms with van der Waals surface area (Å²) in [6, 6.07) is 22.1. The minimum absolute atomic E-state index is 0.248. The van der Waals surface area contributed by atoms with E-state index in [1.54, 1.807) is 19.1 Å². The van der Waals surface area contributed by atoms with Gasteiger partial charge in [0.25, 0.3) is 5.91 Å². The molecule has 0 saturated heterocycles. The number of amides is 1. The highest BCUT2D eigenvalue weighted by Crippen LogP contribution is 2.33. The number of anilines is 2. The van der Waals surface area contributed by atoms with Gasteiger partial charge in [-0.05, 0) is 47.4 Å². The molecule has 1 unspecified atom stereocenters. The van der Waals surface area contributed by atoms with Gasteiger partial charge in [-0.15, -0.1) is 0 Å². The number of hydrogen-bond acceptors (Lipinski definition) is 4. The van der Waals surface area contributed by atoms with Crippen LogP contribution in [0.4, 0.5) is 11.4 Å². The van der Waals surface area contributed by atoms with E-state index in [-0.39, 0.29) is 16.0 Å². The lowest BCUT2D eigenvalue weighted by Gasteiger charge is -2.19. The number of nitrogens with one attached hydrogen (secondary N) is 2. The quantitative estimate of drug-likeness (QED) is 0.238. The van der Waals surface area contributed by atoms with E-state index in [1.165, 1.54) is 12.4 Å². The van der Waals surface area contributed by atoms with Crippen LogP contribution in [0.3, 0.4) is 0 Å². The van der Waals surface area contributed by atoms with Gasteiger partial charge >= 0.3 is 5.97 Å². The minimum atomic E-state index is -0.934. The number of carbonyl (C=O) groups is 2. The van der Waals surface area contributed by atoms with Crippen LogP contribution >= 0.6 is 23.2 Å². The fraction of sp³-hybridized carbons (Fsp3) is 0.107. The van der Waals surface area contributed by atoms with Crippen molar-refractivity contribution in [3.63, 3.8) is 0 Å². The zero-order valence-corrected chi connectivity index (χ0v) is 20.8. The molecule has 1 amide bonds. The van der Waals surface area contributed by atoms with Crippen molar-refractivity contribution < 1.29 is 14.7 Å². The molecule has 0 aliphatic carbocycles. The van der Waals surface area contributed by atoms with E-state index in [0.29, 0.717) is 17.7 Å². The molecule has 0 aliphatic heterocycles. The second-order valence-corrected chi connectivity index (χ2v) is 9.02. The fourth-order valence-corrected chi connectivity index (χ4v) is 4.25.